The first-order valence-corrected chi connectivity index (χ1v) is 12.8. The molecule has 37 heavy (non-hydrogen) atoms. The lowest BCUT2D eigenvalue weighted by Gasteiger charge is -2.26. The van der Waals surface area contributed by atoms with Gasteiger partial charge in [-0.1, -0.05) is 49.4 Å². The van der Waals surface area contributed by atoms with Gasteiger partial charge < -0.3 is 20.7 Å². The number of benzene rings is 3. The maximum atomic E-state index is 13.1. The summed E-state index contributed by atoms with van der Waals surface area (Å²) in [5.74, 6) is -0.360. The Balaban J connectivity index is 1.30. The van der Waals surface area contributed by atoms with Gasteiger partial charge in [-0.25, -0.2) is 0 Å². The van der Waals surface area contributed by atoms with Crippen LogP contribution in [0.2, 0.25) is 0 Å². The molecule has 2 heterocycles. The van der Waals surface area contributed by atoms with Crippen molar-refractivity contribution in [1.29, 1.82) is 0 Å². The van der Waals surface area contributed by atoms with Crippen LogP contribution in [0.5, 0.6) is 0 Å². The van der Waals surface area contributed by atoms with Crippen molar-refractivity contribution in [3.05, 3.63) is 101 Å². The fraction of sp³-hybridized carbons (Fsp3) is 0.267. The third-order valence-corrected chi connectivity index (χ3v) is 6.80. The summed E-state index contributed by atoms with van der Waals surface area (Å²) in [5, 5.41) is 9.30. The molecule has 1 fully saturated rings. The summed E-state index contributed by atoms with van der Waals surface area (Å²) in [4.78, 5) is 28.2. The summed E-state index contributed by atoms with van der Waals surface area (Å²) >= 11 is 0. The molecule has 0 spiro atoms. The number of hydrogen-bond acceptors (Lipinski definition) is 5. The highest BCUT2D eigenvalue weighted by atomic mass is 16.5. The molecule has 3 N–H and O–H groups in total. The Hall–Kier alpha value is -3.94. The zero-order chi connectivity index (χ0) is 25.6. The molecule has 5 rings (SSSR count). The molecule has 190 valence electrons. The van der Waals surface area contributed by atoms with Crippen LogP contribution in [-0.4, -0.2) is 43.0 Å². The average molecular weight is 497 g/mol. The summed E-state index contributed by atoms with van der Waals surface area (Å²) < 4.78 is 5.44. The minimum absolute atomic E-state index is 0.0804. The highest BCUT2D eigenvalue weighted by Crippen LogP contribution is 2.33. The molecule has 0 unspecified atom stereocenters. The van der Waals surface area contributed by atoms with Gasteiger partial charge in [0.25, 0.3) is 11.8 Å². The summed E-state index contributed by atoms with van der Waals surface area (Å²) in [7, 11) is 0. The van der Waals surface area contributed by atoms with E-state index in [9.17, 15) is 9.59 Å². The molecule has 2 aliphatic rings. The lowest BCUT2D eigenvalue weighted by atomic mass is 10.0. The summed E-state index contributed by atoms with van der Waals surface area (Å²) in [6.07, 6.45) is 2.50. The number of anilines is 2. The van der Waals surface area contributed by atoms with Crippen LogP contribution in [0.3, 0.4) is 0 Å². The molecule has 1 atom stereocenters. The molecular formula is C30H32N4O3. The Labute approximate surface area is 217 Å². The lowest BCUT2D eigenvalue weighted by molar-refractivity contribution is -0.110. The van der Waals surface area contributed by atoms with Crippen molar-refractivity contribution >= 4 is 28.8 Å². The van der Waals surface area contributed by atoms with Crippen LogP contribution < -0.4 is 16.0 Å². The highest BCUT2D eigenvalue weighted by molar-refractivity contribution is 6.32. The number of fused-ring (bicyclic) bond motifs is 1. The molecule has 0 radical (unpaired) electrons. The van der Waals surface area contributed by atoms with Crippen LogP contribution in [0, 0.1) is 0 Å². The van der Waals surface area contributed by atoms with Gasteiger partial charge >= 0.3 is 0 Å². The van der Waals surface area contributed by atoms with Gasteiger partial charge in [-0.3, -0.25) is 14.5 Å². The van der Waals surface area contributed by atoms with Crippen LogP contribution in [0.4, 0.5) is 11.4 Å². The average Bonchev–Trinajstić information content (AvgIpc) is 3.25. The smallest absolute Gasteiger partial charge is 0.257 e. The number of hydrogen-bond donors (Lipinski definition) is 3. The highest BCUT2D eigenvalue weighted by Gasteiger charge is 2.26. The third kappa shape index (κ3) is 5.90. The topological polar surface area (TPSA) is 82.7 Å². The first-order chi connectivity index (χ1) is 18.1. The predicted octanol–water partition coefficient (Wildman–Crippen LogP) is 4.81. The van der Waals surface area contributed by atoms with Gasteiger partial charge in [0.05, 0.1) is 24.8 Å². The van der Waals surface area contributed by atoms with Crippen molar-refractivity contribution in [2.24, 2.45) is 0 Å². The van der Waals surface area contributed by atoms with Gasteiger partial charge in [-0.2, -0.15) is 0 Å². The van der Waals surface area contributed by atoms with Crippen LogP contribution in [-0.2, 0) is 16.1 Å². The standard InChI is InChI=1S/C30H32N4O3/c1-2-27(22-8-4-3-5-9-22)32-29(35)23-11-12-28-25(18-23)26(30(36)33-28)19-31-24-10-6-7-21(17-24)20-34-13-15-37-16-14-34/h3-12,17-19,27,31H,2,13-16,20H2,1H3,(H,32,35)(H,33,36)/b26-19-/t27-/m0/s1. The van der Waals surface area contributed by atoms with Gasteiger partial charge in [0.15, 0.2) is 0 Å². The van der Waals surface area contributed by atoms with E-state index in [2.05, 4.69) is 33.0 Å². The maximum Gasteiger partial charge on any atom is 0.257 e. The number of nitrogens with one attached hydrogen (secondary N) is 3. The van der Waals surface area contributed by atoms with Gasteiger partial charge in [0.1, 0.15) is 0 Å². The molecule has 0 bridgehead atoms. The van der Waals surface area contributed by atoms with Crippen molar-refractivity contribution in [2.45, 2.75) is 25.9 Å². The normalized spacial score (nSPS) is 17.2. The van der Waals surface area contributed by atoms with Crippen molar-refractivity contribution in [3.8, 4) is 0 Å². The first-order valence-electron chi connectivity index (χ1n) is 12.8. The van der Waals surface area contributed by atoms with Crippen LogP contribution in [0.1, 0.15) is 46.4 Å². The third-order valence-electron chi connectivity index (χ3n) is 6.80. The second-order valence-corrected chi connectivity index (χ2v) is 9.35. The molecule has 0 aromatic heterocycles. The maximum absolute atomic E-state index is 13.1. The molecule has 2 aliphatic heterocycles. The van der Waals surface area contributed by atoms with E-state index in [1.54, 1.807) is 24.4 Å². The molecular weight excluding hydrogens is 464 g/mol. The molecule has 0 saturated carbocycles. The van der Waals surface area contributed by atoms with E-state index >= 15 is 0 Å². The molecule has 7 heteroatoms. The predicted molar refractivity (Wildman–Crippen MR) is 146 cm³/mol. The summed E-state index contributed by atoms with van der Waals surface area (Å²) in [6.45, 7) is 6.30. The quantitative estimate of drug-likeness (QED) is 0.390. The number of morpholine rings is 1. The molecule has 1 saturated heterocycles. The summed E-state index contributed by atoms with van der Waals surface area (Å²) in [6, 6.07) is 23.4. The Morgan fingerprint density at radius 2 is 1.86 bits per heavy atom. The van der Waals surface area contributed by atoms with Gasteiger partial charge in [-0.15, -0.1) is 0 Å². The zero-order valence-electron chi connectivity index (χ0n) is 21.0. The number of carbonyl (C=O) groups is 2. The number of ether oxygens (including phenoxy) is 1. The Bertz CT molecular complexity index is 1300. The Kier molecular flexibility index (Phi) is 7.63. The second kappa shape index (κ2) is 11.4. The fourth-order valence-electron chi connectivity index (χ4n) is 4.75. The first kappa shape index (κ1) is 24.7. The van der Waals surface area contributed by atoms with Crippen molar-refractivity contribution < 1.29 is 14.3 Å². The van der Waals surface area contributed by atoms with E-state index in [1.807, 2.05) is 49.4 Å². The van der Waals surface area contributed by atoms with Crippen LogP contribution >= 0.6 is 0 Å². The SMILES string of the molecule is CC[C@H](NC(=O)c1ccc2c(c1)/C(=C/Nc1cccc(CN3CCOCC3)c1)C(=O)N2)c1ccccc1. The van der Waals surface area contributed by atoms with Crippen LogP contribution in [0.15, 0.2) is 79.0 Å². The van der Waals surface area contributed by atoms with E-state index in [0.29, 0.717) is 22.4 Å². The van der Waals surface area contributed by atoms with Crippen molar-refractivity contribution in [3.63, 3.8) is 0 Å². The van der Waals surface area contributed by atoms with Crippen molar-refractivity contribution in [1.82, 2.24) is 10.2 Å². The van der Waals surface area contributed by atoms with E-state index in [4.69, 9.17) is 4.74 Å². The molecule has 2 amide bonds. The van der Waals surface area contributed by atoms with Crippen molar-refractivity contribution in [2.75, 3.05) is 36.9 Å². The monoisotopic (exact) mass is 496 g/mol. The van der Waals surface area contributed by atoms with E-state index in [-0.39, 0.29) is 17.9 Å². The Morgan fingerprint density at radius 1 is 1.05 bits per heavy atom. The minimum Gasteiger partial charge on any atom is -0.379 e. The van der Waals surface area contributed by atoms with E-state index in [1.165, 1.54) is 5.56 Å². The summed E-state index contributed by atoms with van der Waals surface area (Å²) in [5.41, 5.74) is 5.60. The molecule has 7 nitrogen and oxygen atoms in total. The lowest BCUT2D eigenvalue weighted by Crippen LogP contribution is -2.35. The molecule has 3 aromatic rings. The van der Waals surface area contributed by atoms with Gasteiger partial charge in [-0.05, 0) is 47.9 Å². The Morgan fingerprint density at radius 3 is 2.65 bits per heavy atom. The van der Waals surface area contributed by atoms with E-state index in [0.717, 1.165) is 50.5 Å². The number of nitrogens with zero attached hydrogens (tertiary/aromatic N) is 1. The molecule has 0 aliphatic carbocycles. The largest absolute Gasteiger partial charge is 0.379 e. The minimum atomic E-state index is -0.194. The fourth-order valence-corrected chi connectivity index (χ4v) is 4.75. The van der Waals surface area contributed by atoms with Gasteiger partial charge in [0.2, 0.25) is 0 Å². The molecule has 3 aromatic carbocycles. The number of amides is 2. The van der Waals surface area contributed by atoms with Crippen LogP contribution in [0.25, 0.3) is 5.57 Å². The van der Waals surface area contributed by atoms with E-state index < -0.39 is 0 Å². The van der Waals surface area contributed by atoms with Gasteiger partial charge in [0, 0.05) is 48.3 Å². The number of carbonyl (C=O) groups excluding carboxylic acids is 2. The zero-order valence-corrected chi connectivity index (χ0v) is 21.0. The second-order valence-electron chi connectivity index (χ2n) is 9.35. The number of rotatable bonds is 8.